The second-order valence-corrected chi connectivity index (χ2v) is 3.86. The molecule has 13 heavy (non-hydrogen) atoms. The third-order valence-corrected chi connectivity index (χ3v) is 2.21. The zero-order chi connectivity index (χ0) is 9.84. The van der Waals surface area contributed by atoms with E-state index in [4.69, 9.17) is 0 Å². The third-order valence-electron chi connectivity index (χ3n) is 1.30. The second-order valence-electron chi connectivity index (χ2n) is 2.20. The number of halogens is 1. The number of carbonyl (C=O) groups excluding carboxylic acids is 1. The van der Waals surface area contributed by atoms with Crippen molar-refractivity contribution in [1.29, 1.82) is 0 Å². The van der Waals surface area contributed by atoms with E-state index in [1.807, 2.05) is 0 Å². The summed E-state index contributed by atoms with van der Waals surface area (Å²) in [6.45, 7) is 0. The molecule has 1 N–H and O–H groups in total. The highest BCUT2D eigenvalue weighted by molar-refractivity contribution is 9.10. The first-order chi connectivity index (χ1) is 6.09. The molecule has 6 heteroatoms. The van der Waals surface area contributed by atoms with E-state index in [1.165, 1.54) is 12.1 Å². The first-order valence-corrected chi connectivity index (χ1v) is 5.27. The van der Waals surface area contributed by atoms with Crippen molar-refractivity contribution >= 4 is 32.7 Å². The quantitative estimate of drug-likeness (QED) is 0.773. The summed E-state index contributed by atoms with van der Waals surface area (Å²) in [5.74, 6) is -0.622. The molecule has 0 spiro atoms. The van der Waals surface area contributed by atoms with E-state index in [-0.39, 0.29) is 0 Å². The highest BCUT2D eigenvalue weighted by atomic mass is 79.9. The Morgan fingerprint density at radius 1 is 1.23 bits per heavy atom. The van der Waals surface area contributed by atoms with Gasteiger partial charge in [-0.05, 0) is 24.3 Å². The Morgan fingerprint density at radius 3 is 2.23 bits per heavy atom. The molecule has 0 unspecified atom stereocenters. The molecular formula is C7H6BrNO3S. The maximum absolute atomic E-state index is 11.1. The first-order valence-electron chi connectivity index (χ1n) is 3.30. The van der Waals surface area contributed by atoms with Crippen molar-refractivity contribution in [1.82, 2.24) is 4.72 Å². The Balaban J connectivity index is 2.83. The zero-order valence-corrected chi connectivity index (χ0v) is 8.84. The smallest absolute Gasteiger partial charge is 0.264 e. The number of nitrogens with one attached hydrogen (secondary N) is 1. The van der Waals surface area contributed by atoms with E-state index in [2.05, 4.69) is 15.9 Å². The highest BCUT2D eigenvalue weighted by Crippen LogP contribution is 2.10. The SMILES string of the molecule is O=C(N[SH](=O)=O)c1ccc(Br)cc1. The average molecular weight is 264 g/mol. The molecule has 0 saturated heterocycles. The van der Waals surface area contributed by atoms with Crippen LogP contribution in [0.1, 0.15) is 10.4 Å². The molecule has 0 saturated carbocycles. The number of carbonyl (C=O) groups is 1. The molecule has 0 aliphatic rings. The van der Waals surface area contributed by atoms with Gasteiger partial charge in [-0.25, -0.2) is 8.42 Å². The number of benzene rings is 1. The van der Waals surface area contributed by atoms with Gasteiger partial charge < -0.3 is 0 Å². The van der Waals surface area contributed by atoms with Gasteiger partial charge in [0.15, 0.2) is 0 Å². The van der Waals surface area contributed by atoms with Gasteiger partial charge >= 0.3 is 0 Å². The Morgan fingerprint density at radius 2 is 1.77 bits per heavy atom. The van der Waals surface area contributed by atoms with E-state index in [0.29, 0.717) is 5.56 Å². The van der Waals surface area contributed by atoms with Gasteiger partial charge in [-0.15, -0.1) is 0 Å². The topological polar surface area (TPSA) is 63.2 Å². The largest absolute Gasteiger partial charge is 0.268 e. The Hall–Kier alpha value is -0.880. The van der Waals surface area contributed by atoms with E-state index < -0.39 is 16.8 Å². The molecule has 1 aromatic rings. The molecule has 0 atom stereocenters. The summed E-state index contributed by atoms with van der Waals surface area (Å²) in [7, 11) is -2.88. The Bertz CT molecular complexity index is 377. The van der Waals surface area contributed by atoms with Crippen molar-refractivity contribution in [2.45, 2.75) is 0 Å². The second kappa shape index (κ2) is 4.38. The van der Waals surface area contributed by atoms with Crippen LogP contribution in [0.4, 0.5) is 0 Å². The van der Waals surface area contributed by atoms with E-state index in [0.717, 1.165) is 4.47 Å². The normalized spacial score (nSPS) is 10.0. The molecule has 0 bridgehead atoms. The number of thiol groups is 1. The summed E-state index contributed by atoms with van der Waals surface area (Å²) in [4.78, 5) is 11.1. The number of hydrogen-bond acceptors (Lipinski definition) is 3. The zero-order valence-electron chi connectivity index (χ0n) is 6.36. The van der Waals surface area contributed by atoms with Gasteiger partial charge in [0.25, 0.3) is 5.91 Å². The molecule has 0 aliphatic carbocycles. The maximum atomic E-state index is 11.1. The van der Waals surface area contributed by atoms with Crippen LogP contribution in [0.2, 0.25) is 0 Å². The van der Waals surface area contributed by atoms with Crippen LogP contribution < -0.4 is 4.72 Å². The molecule has 4 nitrogen and oxygen atoms in total. The van der Waals surface area contributed by atoms with Crippen LogP contribution in [0, 0.1) is 0 Å². The fourth-order valence-corrected chi connectivity index (χ4v) is 1.31. The van der Waals surface area contributed by atoms with E-state index in [1.54, 1.807) is 16.9 Å². The van der Waals surface area contributed by atoms with Crippen molar-refractivity contribution in [3.05, 3.63) is 34.3 Å². The van der Waals surface area contributed by atoms with Crippen LogP contribution in [-0.4, -0.2) is 14.3 Å². The average Bonchev–Trinajstić information content (AvgIpc) is 2.04. The lowest BCUT2D eigenvalue weighted by molar-refractivity contribution is 0.0982. The summed E-state index contributed by atoms with van der Waals surface area (Å²) in [6, 6.07) is 6.37. The summed E-state index contributed by atoms with van der Waals surface area (Å²) in [5.41, 5.74) is 0.308. The molecule has 1 amide bonds. The number of rotatable bonds is 2. The standard InChI is InChI=1S/C7H6BrNO3S/c8-6-3-1-5(2-4-6)7(10)9-13(11)12/h1-4,13H,(H,9,10,11,12). The van der Waals surface area contributed by atoms with Gasteiger partial charge in [0, 0.05) is 10.0 Å². The minimum absolute atomic E-state index is 0.308. The Kier molecular flexibility index (Phi) is 3.44. The van der Waals surface area contributed by atoms with Crippen molar-refractivity contribution in [3.63, 3.8) is 0 Å². The van der Waals surface area contributed by atoms with Crippen molar-refractivity contribution < 1.29 is 13.2 Å². The molecule has 0 aromatic heterocycles. The number of hydrogen-bond donors (Lipinski definition) is 2. The van der Waals surface area contributed by atoms with Gasteiger partial charge in [0.05, 0.1) is 0 Å². The highest BCUT2D eigenvalue weighted by Gasteiger charge is 2.04. The third kappa shape index (κ3) is 3.16. The first kappa shape index (κ1) is 10.2. The van der Waals surface area contributed by atoms with Crippen LogP contribution in [0.5, 0.6) is 0 Å². The molecule has 1 aromatic carbocycles. The maximum Gasteiger partial charge on any atom is 0.264 e. The lowest BCUT2D eigenvalue weighted by Crippen LogP contribution is -2.21. The summed E-state index contributed by atoms with van der Waals surface area (Å²) in [6.07, 6.45) is 0. The monoisotopic (exact) mass is 263 g/mol. The van der Waals surface area contributed by atoms with E-state index in [9.17, 15) is 13.2 Å². The molecule has 70 valence electrons. The van der Waals surface area contributed by atoms with Crippen molar-refractivity contribution in [2.75, 3.05) is 0 Å². The predicted molar refractivity (Wildman–Crippen MR) is 51.9 cm³/mol. The summed E-state index contributed by atoms with van der Waals surface area (Å²) >= 11 is 3.19. The molecule has 0 aliphatic heterocycles. The van der Waals surface area contributed by atoms with Crippen LogP contribution in [0.15, 0.2) is 28.7 Å². The predicted octanol–water partition coefficient (Wildman–Crippen LogP) is 0.705. The minimum atomic E-state index is -2.88. The molecule has 0 fully saturated rings. The van der Waals surface area contributed by atoms with Gasteiger partial charge in [-0.1, -0.05) is 15.9 Å². The van der Waals surface area contributed by atoms with E-state index >= 15 is 0 Å². The molecule has 0 heterocycles. The van der Waals surface area contributed by atoms with Crippen LogP contribution >= 0.6 is 15.9 Å². The molecular weight excluding hydrogens is 258 g/mol. The van der Waals surface area contributed by atoms with Crippen molar-refractivity contribution in [2.24, 2.45) is 0 Å². The lowest BCUT2D eigenvalue weighted by atomic mass is 10.2. The minimum Gasteiger partial charge on any atom is -0.268 e. The van der Waals surface area contributed by atoms with Gasteiger partial charge in [0.2, 0.25) is 10.9 Å². The Labute approximate surface area is 85.2 Å². The summed E-state index contributed by atoms with van der Waals surface area (Å²) < 4.78 is 22.9. The van der Waals surface area contributed by atoms with Gasteiger partial charge in [-0.3, -0.25) is 9.52 Å². The molecule has 1 rings (SSSR count). The van der Waals surface area contributed by atoms with Gasteiger partial charge in [0.1, 0.15) is 0 Å². The van der Waals surface area contributed by atoms with Crippen LogP contribution in [-0.2, 0) is 10.9 Å². The fourth-order valence-electron chi connectivity index (χ4n) is 0.749. The molecule has 0 radical (unpaired) electrons. The van der Waals surface area contributed by atoms with Crippen LogP contribution in [0.25, 0.3) is 0 Å². The lowest BCUT2D eigenvalue weighted by Gasteiger charge is -1.97. The van der Waals surface area contributed by atoms with Crippen LogP contribution in [0.3, 0.4) is 0 Å². The van der Waals surface area contributed by atoms with Gasteiger partial charge in [-0.2, -0.15) is 0 Å². The summed E-state index contributed by atoms with van der Waals surface area (Å²) in [5, 5.41) is 0. The fraction of sp³-hybridized carbons (Fsp3) is 0. The van der Waals surface area contributed by atoms with Crippen molar-refractivity contribution in [3.8, 4) is 0 Å². The number of amides is 1.